The van der Waals surface area contributed by atoms with Gasteiger partial charge in [0.25, 0.3) is 0 Å². The second kappa shape index (κ2) is 5.80. The maximum atomic E-state index is 12.8. The molecule has 0 saturated carbocycles. The van der Waals surface area contributed by atoms with Gasteiger partial charge in [0, 0.05) is 6.42 Å². The molecule has 0 spiro atoms. The van der Waals surface area contributed by atoms with Gasteiger partial charge in [-0.15, -0.1) is 11.3 Å². The summed E-state index contributed by atoms with van der Waals surface area (Å²) in [5.74, 6) is -1.25. The molecule has 0 radical (unpaired) electrons. The van der Waals surface area contributed by atoms with Gasteiger partial charge in [-0.3, -0.25) is 0 Å². The number of aromatic nitrogens is 1. The number of carbonyl (C=O) groups is 1. The number of alkyl halides is 3. The van der Waals surface area contributed by atoms with Gasteiger partial charge in [0.15, 0.2) is 5.69 Å². The number of rotatable bonds is 3. The Balaban J connectivity index is 2.37. The van der Waals surface area contributed by atoms with Gasteiger partial charge in [0.2, 0.25) is 0 Å². The first-order chi connectivity index (χ1) is 9.41. The topological polar surface area (TPSA) is 39.2 Å². The number of hydrogen-bond donors (Lipinski definition) is 0. The zero-order chi connectivity index (χ0) is 14.8. The fraction of sp³-hybridized carbons (Fsp3) is 0.167. The molecule has 3 nitrogen and oxygen atoms in total. The third-order valence-electron chi connectivity index (χ3n) is 2.39. The molecule has 0 aliphatic rings. The molecule has 2 aromatic rings. The lowest BCUT2D eigenvalue weighted by Crippen LogP contribution is -2.11. The van der Waals surface area contributed by atoms with E-state index in [4.69, 9.17) is 11.9 Å². The van der Waals surface area contributed by atoms with Crippen LogP contribution in [0, 0.1) is 0 Å². The number of nitrogens with zero attached hydrogens (tertiary/aromatic N) is 1. The second-order valence-electron chi connectivity index (χ2n) is 3.81. The van der Waals surface area contributed by atoms with E-state index in [9.17, 15) is 18.0 Å². The fourth-order valence-electron chi connectivity index (χ4n) is 1.58. The highest BCUT2D eigenvalue weighted by Crippen LogP contribution is 2.35. The van der Waals surface area contributed by atoms with Crippen molar-refractivity contribution in [3.63, 3.8) is 0 Å². The van der Waals surface area contributed by atoms with Gasteiger partial charge in [-0.1, -0.05) is 30.3 Å². The van der Waals surface area contributed by atoms with Gasteiger partial charge in [0.1, 0.15) is 16.7 Å². The normalized spacial score (nSPS) is 11.4. The summed E-state index contributed by atoms with van der Waals surface area (Å²) in [6.45, 7) is 0. The van der Waals surface area contributed by atoms with Crippen LogP contribution in [-0.4, -0.2) is 11.0 Å². The predicted octanol–water partition coefficient (Wildman–Crippen LogP) is 4.06. The van der Waals surface area contributed by atoms with E-state index in [-0.39, 0.29) is 11.4 Å². The molecule has 8 heteroatoms. The van der Waals surface area contributed by atoms with E-state index in [1.54, 1.807) is 30.3 Å². The average Bonchev–Trinajstić information content (AvgIpc) is 2.83. The van der Waals surface area contributed by atoms with Crippen molar-refractivity contribution in [2.45, 2.75) is 12.6 Å². The summed E-state index contributed by atoms with van der Waals surface area (Å²) in [4.78, 5) is 14.1. The Morgan fingerprint density at radius 2 is 1.95 bits per heavy atom. The Morgan fingerprint density at radius 1 is 1.30 bits per heavy atom. The molecule has 0 unspecified atom stereocenters. The Hall–Kier alpha value is -1.60. The highest BCUT2D eigenvalue weighted by atomic mass is 35.5. The van der Waals surface area contributed by atoms with Crippen molar-refractivity contribution in [1.82, 2.24) is 4.98 Å². The molecule has 1 aromatic carbocycles. The monoisotopic (exact) mass is 321 g/mol. The third kappa shape index (κ3) is 3.29. The van der Waals surface area contributed by atoms with E-state index in [0.29, 0.717) is 11.3 Å². The average molecular weight is 322 g/mol. The smallest absolute Gasteiger partial charge is 0.342 e. The van der Waals surface area contributed by atoms with Gasteiger partial charge in [-0.25, -0.2) is 9.78 Å². The van der Waals surface area contributed by atoms with Crippen LogP contribution in [0.2, 0.25) is 0 Å². The molecule has 0 aliphatic carbocycles. The zero-order valence-corrected chi connectivity index (χ0v) is 11.4. The molecule has 106 valence electrons. The van der Waals surface area contributed by atoms with E-state index in [1.165, 1.54) is 0 Å². The van der Waals surface area contributed by atoms with Crippen molar-refractivity contribution < 1.29 is 22.3 Å². The molecule has 2 rings (SSSR count). The Kier molecular flexibility index (Phi) is 4.29. The summed E-state index contributed by atoms with van der Waals surface area (Å²) in [7, 11) is 0. The first kappa shape index (κ1) is 14.8. The molecule has 0 N–H and O–H groups in total. The molecule has 1 aromatic heterocycles. The van der Waals surface area contributed by atoms with Crippen molar-refractivity contribution in [2.24, 2.45) is 0 Å². The van der Waals surface area contributed by atoms with E-state index in [0.717, 1.165) is 5.56 Å². The summed E-state index contributed by atoms with van der Waals surface area (Å²) < 4.78 is 42.2. The minimum absolute atomic E-state index is 0.167. The molecule has 0 amide bonds. The van der Waals surface area contributed by atoms with E-state index in [2.05, 4.69) is 9.27 Å². The van der Waals surface area contributed by atoms with Crippen molar-refractivity contribution in [1.29, 1.82) is 0 Å². The summed E-state index contributed by atoms with van der Waals surface area (Å²) in [5, 5.41) is 0.167. The molecular formula is C12H7ClF3NO2S. The largest absolute Gasteiger partial charge is 0.435 e. The zero-order valence-electron chi connectivity index (χ0n) is 9.78. The highest BCUT2D eigenvalue weighted by Gasteiger charge is 2.40. The summed E-state index contributed by atoms with van der Waals surface area (Å²) >= 11 is 5.46. The quantitative estimate of drug-likeness (QED) is 0.855. The molecule has 1 heterocycles. The number of halogens is 4. The van der Waals surface area contributed by atoms with Gasteiger partial charge >= 0.3 is 12.1 Å². The van der Waals surface area contributed by atoms with Gasteiger partial charge in [0.05, 0.1) is 5.01 Å². The number of thiazole rings is 1. The van der Waals surface area contributed by atoms with Gasteiger partial charge in [-0.05, 0) is 5.56 Å². The maximum Gasteiger partial charge on any atom is 0.435 e. The Bertz CT molecular complexity index is 613. The van der Waals surface area contributed by atoms with Gasteiger partial charge in [-0.2, -0.15) is 13.2 Å². The Morgan fingerprint density at radius 3 is 2.50 bits per heavy atom. The molecule has 20 heavy (non-hydrogen) atoms. The van der Waals surface area contributed by atoms with E-state index in [1.807, 2.05) is 0 Å². The van der Waals surface area contributed by atoms with Crippen molar-refractivity contribution in [2.75, 3.05) is 0 Å². The first-order valence-corrected chi connectivity index (χ1v) is 6.48. The van der Waals surface area contributed by atoms with Crippen LogP contribution in [0.4, 0.5) is 13.2 Å². The summed E-state index contributed by atoms with van der Waals surface area (Å²) in [6, 6.07) is 8.84. The van der Waals surface area contributed by atoms with Crippen LogP contribution in [-0.2, 0) is 16.9 Å². The third-order valence-corrected chi connectivity index (χ3v) is 3.57. The van der Waals surface area contributed by atoms with E-state index < -0.39 is 22.7 Å². The van der Waals surface area contributed by atoms with Crippen molar-refractivity contribution in [3.8, 4) is 0 Å². The SMILES string of the molecule is O=C(OCl)c1sc(Cc2ccccc2)nc1C(F)(F)F. The molecular weight excluding hydrogens is 315 g/mol. The summed E-state index contributed by atoms with van der Waals surface area (Å²) in [5.41, 5.74) is -0.472. The van der Waals surface area contributed by atoms with Crippen LogP contribution in [0.1, 0.15) is 25.9 Å². The molecule has 0 atom stereocenters. The second-order valence-corrected chi connectivity index (χ2v) is 5.05. The number of hydrogen-bond acceptors (Lipinski definition) is 4. The predicted molar refractivity (Wildman–Crippen MR) is 67.6 cm³/mol. The van der Waals surface area contributed by atoms with Crippen LogP contribution < -0.4 is 0 Å². The first-order valence-electron chi connectivity index (χ1n) is 5.35. The highest BCUT2D eigenvalue weighted by molar-refractivity contribution is 7.13. The lowest BCUT2D eigenvalue weighted by Gasteiger charge is -2.03. The van der Waals surface area contributed by atoms with E-state index >= 15 is 0 Å². The molecule has 0 bridgehead atoms. The molecule has 0 fully saturated rings. The molecule has 0 saturated heterocycles. The standard InChI is InChI=1S/C12H7ClF3NO2S/c13-19-11(18)9-10(12(14,15)16)17-8(20-9)6-7-4-2-1-3-5-7/h1-5H,6H2. The van der Waals surface area contributed by atoms with Crippen LogP contribution in [0.5, 0.6) is 0 Å². The van der Waals surface area contributed by atoms with Crippen LogP contribution >= 0.6 is 23.2 Å². The van der Waals surface area contributed by atoms with Crippen molar-refractivity contribution in [3.05, 3.63) is 51.5 Å². The van der Waals surface area contributed by atoms with Crippen LogP contribution in [0.25, 0.3) is 0 Å². The van der Waals surface area contributed by atoms with Crippen LogP contribution in [0.15, 0.2) is 30.3 Å². The minimum atomic E-state index is -4.73. The lowest BCUT2D eigenvalue weighted by atomic mass is 10.2. The number of benzene rings is 1. The number of carbonyl (C=O) groups excluding carboxylic acids is 1. The molecule has 0 aliphatic heterocycles. The van der Waals surface area contributed by atoms with Gasteiger partial charge < -0.3 is 4.29 Å². The van der Waals surface area contributed by atoms with Crippen molar-refractivity contribution >= 4 is 29.2 Å². The fourth-order valence-corrected chi connectivity index (χ4v) is 2.69. The van der Waals surface area contributed by atoms with Crippen LogP contribution in [0.3, 0.4) is 0 Å². The maximum absolute atomic E-state index is 12.8. The minimum Gasteiger partial charge on any atom is -0.342 e. The lowest BCUT2D eigenvalue weighted by molar-refractivity contribution is -0.141. The Labute approximate surface area is 121 Å². The summed E-state index contributed by atoms with van der Waals surface area (Å²) in [6.07, 6.45) is -4.53.